The van der Waals surface area contributed by atoms with E-state index in [0.717, 1.165) is 0 Å². The molecule has 134 valence electrons. The lowest BCUT2D eigenvalue weighted by Crippen LogP contribution is -2.21. The van der Waals surface area contributed by atoms with Gasteiger partial charge in [0.2, 0.25) is 0 Å². The fraction of sp³-hybridized carbons (Fsp3) is 0.158. The van der Waals surface area contributed by atoms with Crippen LogP contribution in [-0.4, -0.2) is 27.2 Å². The van der Waals surface area contributed by atoms with Gasteiger partial charge in [0.25, 0.3) is 5.91 Å². The standard InChI is InChI=1S/C19H17NO6/c1-23-12-6-7-16(25-3)15(9-12)20-18(21)14-8-11-4-5-13(24-2)10-17(11)26-19(14)22/h4-10H,1-3H3,(H,20,21). The second-order valence-electron chi connectivity index (χ2n) is 5.37. The topological polar surface area (TPSA) is 87.0 Å². The molecule has 1 N–H and O–H groups in total. The predicted molar refractivity (Wildman–Crippen MR) is 96.5 cm³/mol. The van der Waals surface area contributed by atoms with E-state index >= 15 is 0 Å². The molecule has 0 aliphatic rings. The Labute approximate surface area is 149 Å². The summed E-state index contributed by atoms with van der Waals surface area (Å²) in [6.07, 6.45) is 0. The summed E-state index contributed by atoms with van der Waals surface area (Å²) in [4.78, 5) is 24.8. The van der Waals surface area contributed by atoms with Crippen molar-refractivity contribution in [3.8, 4) is 17.2 Å². The molecular weight excluding hydrogens is 338 g/mol. The molecule has 0 atom stereocenters. The Hall–Kier alpha value is -3.48. The molecule has 7 heteroatoms. The first-order valence-electron chi connectivity index (χ1n) is 7.71. The third-order valence-electron chi connectivity index (χ3n) is 3.84. The van der Waals surface area contributed by atoms with Gasteiger partial charge in [0.05, 0.1) is 27.0 Å². The van der Waals surface area contributed by atoms with Crippen molar-refractivity contribution in [1.29, 1.82) is 0 Å². The average molecular weight is 355 g/mol. The molecule has 0 bridgehead atoms. The van der Waals surface area contributed by atoms with Crippen LogP contribution in [0.4, 0.5) is 5.69 Å². The fourth-order valence-electron chi connectivity index (χ4n) is 2.48. The molecule has 2 aromatic carbocycles. The predicted octanol–water partition coefficient (Wildman–Crippen LogP) is 3.07. The molecule has 3 rings (SSSR count). The van der Waals surface area contributed by atoms with Gasteiger partial charge in [0.1, 0.15) is 28.4 Å². The molecule has 0 spiro atoms. The largest absolute Gasteiger partial charge is 0.497 e. The van der Waals surface area contributed by atoms with Crippen molar-refractivity contribution in [3.05, 3.63) is 58.4 Å². The van der Waals surface area contributed by atoms with Crippen molar-refractivity contribution in [2.24, 2.45) is 0 Å². The minimum Gasteiger partial charge on any atom is -0.497 e. The lowest BCUT2D eigenvalue weighted by molar-refractivity contribution is 0.102. The summed E-state index contributed by atoms with van der Waals surface area (Å²) in [7, 11) is 4.51. The molecule has 0 unspecified atom stereocenters. The zero-order valence-electron chi connectivity index (χ0n) is 14.5. The van der Waals surface area contributed by atoms with Crippen LogP contribution in [0.1, 0.15) is 10.4 Å². The van der Waals surface area contributed by atoms with Crippen molar-refractivity contribution in [3.63, 3.8) is 0 Å². The molecule has 3 aromatic rings. The van der Waals surface area contributed by atoms with Gasteiger partial charge in [-0.3, -0.25) is 4.79 Å². The normalized spacial score (nSPS) is 10.4. The molecule has 1 heterocycles. The molecular formula is C19H17NO6. The zero-order valence-corrected chi connectivity index (χ0v) is 14.5. The first-order chi connectivity index (χ1) is 12.5. The number of nitrogens with one attached hydrogen (secondary N) is 1. The van der Waals surface area contributed by atoms with Crippen LogP contribution in [0.25, 0.3) is 11.0 Å². The number of rotatable bonds is 5. The van der Waals surface area contributed by atoms with Crippen LogP contribution >= 0.6 is 0 Å². The molecule has 0 radical (unpaired) electrons. The van der Waals surface area contributed by atoms with Crippen LogP contribution < -0.4 is 25.2 Å². The Morgan fingerprint density at radius 2 is 1.62 bits per heavy atom. The fourth-order valence-corrected chi connectivity index (χ4v) is 2.48. The summed E-state index contributed by atoms with van der Waals surface area (Å²) in [5, 5.41) is 3.26. The number of amides is 1. The maximum Gasteiger partial charge on any atom is 0.349 e. The number of fused-ring (bicyclic) bond motifs is 1. The van der Waals surface area contributed by atoms with Crippen LogP contribution in [0.3, 0.4) is 0 Å². The van der Waals surface area contributed by atoms with E-state index in [4.69, 9.17) is 18.6 Å². The minimum absolute atomic E-state index is 0.118. The van der Waals surface area contributed by atoms with E-state index in [9.17, 15) is 9.59 Å². The molecule has 0 aliphatic carbocycles. The molecule has 0 aliphatic heterocycles. The first kappa shape index (κ1) is 17.3. The number of hydrogen-bond donors (Lipinski definition) is 1. The van der Waals surface area contributed by atoms with Gasteiger partial charge >= 0.3 is 5.63 Å². The highest BCUT2D eigenvalue weighted by Gasteiger charge is 2.16. The molecule has 1 aromatic heterocycles. The molecule has 1 amide bonds. The second kappa shape index (κ2) is 7.18. The monoisotopic (exact) mass is 355 g/mol. The van der Waals surface area contributed by atoms with Gasteiger partial charge in [-0.2, -0.15) is 0 Å². The molecule has 26 heavy (non-hydrogen) atoms. The Kier molecular flexibility index (Phi) is 4.79. The van der Waals surface area contributed by atoms with Crippen LogP contribution in [0.5, 0.6) is 17.2 Å². The van der Waals surface area contributed by atoms with Crippen molar-refractivity contribution in [1.82, 2.24) is 0 Å². The van der Waals surface area contributed by atoms with Crippen molar-refractivity contribution in [2.45, 2.75) is 0 Å². The van der Waals surface area contributed by atoms with Gasteiger partial charge < -0.3 is 23.9 Å². The number of ether oxygens (including phenoxy) is 3. The highest BCUT2D eigenvalue weighted by molar-refractivity contribution is 6.06. The van der Waals surface area contributed by atoms with E-state index < -0.39 is 11.5 Å². The van der Waals surface area contributed by atoms with Crippen molar-refractivity contribution < 1.29 is 23.4 Å². The van der Waals surface area contributed by atoms with Gasteiger partial charge in [-0.25, -0.2) is 4.79 Å². The lowest BCUT2D eigenvalue weighted by Gasteiger charge is -2.11. The number of hydrogen-bond acceptors (Lipinski definition) is 6. The van der Waals surface area contributed by atoms with Gasteiger partial charge in [-0.05, 0) is 30.3 Å². The lowest BCUT2D eigenvalue weighted by atomic mass is 10.1. The highest BCUT2D eigenvalue weighted by atomic mass is 16.5. The number of benzene rings is 2. The molecule has 0 fully saturated rings. The molecule has 0 saturated carbocycles. The van der Waals surface area contributed by atoms with Crippen molar-refractivity contribution in [2.75, 3.05) is 26.6 Å². The number of methoxy groups -OCH3 is 3. The summed E-state index contributed by atoms with van der Waals surface area (Å²) in [6.45, 7) is 0. The van der Waals surface area contributed by atoms with Crippen LogP contribution in [0.2, 0.25) is 0 Å². The maximum atomic E-state index is 12.6. The summed E-state index contributed by atoms with van der Waals surface area (Å²) in [5.41, 5.74) is -0.145. The Balaban J connectivity index is 1.98. The Bertz CT molecular complexity index is 1020. The molecule has 0 saturated heterocycles. The zero-order chi connectivity index (χ0) is 18.7. The number of carbonyl (C=O) groups is 1. The smallest absolute Gasteiger partial charge is 0.349 e. The number of carbonyl (C=O) groups excluding carboxylic acids is 1. The van der Waals surface area contributed by atoms with Gasteiger partial charge in [-0.1, -0.05) is 0 Å². The second-order valence-corrected chi connectivity index (χ2v) is 5.37. The third-order valence-corrected chi connectivity index (χ3v) is 3.84. The van der Waals surface area contributed by atoms with E-state index in [-0.39, 0.29) is 5.56 Å². The van der Waals surface area contributed by atoms with Crippen LogP contribution in [0, 0.1) is 0 Å². The van der Waals surface area contributed by atoms with E-state index in [1.165, 1.54) is 27.4 Å². The highest BCUT2D eigenvalue weighted by Crippen LogP contribution is 2.29. The van der Waals surface area contributed by atoms with Gasteiger partial charge in [-0.15, -0.1) is 0 Å². The summed E-state index contributed by atoms with van der Waals surface area (Å²) in [6, 6.07) is 11.4. The Morgan fingerprint density at radius 1 is 0.923 bits per heavy atom. The third kappa shape index (κ3) is 3.32. The van der Waals surface area contributed by atoms with E-state index in [0.29, 0.717) is 33.9 Å². The number of anilines is 1. The van der Waals surface area contributed by atoms with Crippen molar-refractivity contribution >= 4 is 22.6 Å². The Morgan fingerprint density at radius 3 is 2.31 bits per heavy atom. The first-order valence-corrected chi connectivity index (χ1v) is 7.71. The van der Waals surface area contributed by atoms with Crippen LogP contribution in [-0.2, 0) is 0 Å². The summed E-state index contributed by atoms with van der Waals surface area (Å²) < 4.78 is 20.7. The van der Waals surface area contributed by atoms with Gasteiger partial charge in [0, 0.05) is 17.5 Å². The van der Waals surface area contributed by atoms with E-state index in [2.05, 4.69) is 5.32 Å². The summed E-state index contributed by atoms with van der Waals surface area (Å²) >= 11 is 0. The SMILES string of the molecule is COc1ccc(OC)c(NC(=O)c2cc3ccc(OC)cc3oc2=O)c1. The summed E-state index contributed by atoms with van der Waals surface area (Å²) in [5.74, 6) is 0.926. The van der Waals surface area contributed by atoms with Crippen LogP contribution in [0.15, 0.2) is 51.7 Å². The van der Waals surface area contributed by atoms with E-state index in [1.807, 2.05) is 0 Å². The minimum atomic E-state index is -0.745. The quantitative estimate of drug-likeness (QED) is 0.708. The van der Waals surface area contributed by atoms with E-state index in [1.54, 1.807) is 36.4 Å². The average Bonchev–Trinajstić information content (AvgIpc) is 2.66. The van der Waals surface area contributed by atoms with Gasteiger partial charge in [0.15, 0.2) is 0 Å². The maximum absolute atomic E-state index is 12.6. The molecule has 7 nitrogen and oxygen atoms in total.